The standard InChI is InChI=1S/C4H4.6C3H7.2Sn/c1-3-4-2;6*1-3-2;;/h1-2H2;6*3H,1-2H3;;. The molecule has 0 atom stereocenters. The zero-order valence-corrected chi connectivity index (χ0v) is 24.6. The van der Waals surface area contributed by atoms with E-state index in [2.05, 4.69) is 94.9 Å². The van der Waals surface area contributed by atoms with E-state index >= 15 is 0 Å². The normalized spacial score (nSPS) is 13.6. The van der Waals surface area contributed by atoms with Gasteiger partial charge in [-0.05, 0) is 0 Å². The van der Waals surface area contributed by atoms with E-state index in [-0.39, 0.29) is 0 Å². The van der Waals surface area contributed by atoms with Crippen molar-refractivity contribution in [2.24, 2.45) is 0 Å². The molecule has 24 heavy (non-hydrogen) atoms. The van der Waals surface area contributed by atoms with Gasteiger partial charge in [-0.25, -0.2) is 0 Å². The Balaban J connectivity index is 5.50. The van der Waals surface area contributed by atoms with Crippen molar-refractivity contribution in [1.29, 1.82) is 0 Å². The first-order valence-electron chi connectivity index (χ1n) is 10.3. The average Bonchev–Trinajstić information content (AvgIpc) is 2.40. The van der Waals surface area contributed by atoms with Crippen LogP contribution in [-0.4, -0.2) is 36.8 Å². The molecule has 0 aromatic carbocycles. The molecule has 0 aromatic rings. The molecule has 0 aromatic heterocycles. The Morgan fingerprint density at radius 2 is 0.583 bits per heavy atom. The molecule has 0 radical (unpaired) electrons. The first kappa shape index (κ1) is 25.2. The van der Waals surface area contributed by atoms with E-state index in [1.807, 2.05) is 0 Å². The molecule has 0 N–H and O–H groups in total. The summed E-state index contributed by atoms with van der Waals surface area (Å²) in [6, 6.07) is 0. The summed E-state index contributed by atoms with van der Waals surface area (Å²) in [5.41, 5.74) is 0. The van der Waals surface area contributed by atoms with Crippen LogP contribution in [0.4, 0.5) is 0 Å². The quantitative estimate of drug-likeness (QED) is 0.212. The van der Waals surface area contributed by atoms with Gasteiger partial charge in [0.2, 0.25) is 0 Å². The van der Waals surface area contributed by atoms with E-state index in [4.69, 9.17) is 0 Å². The van der Waals surface area contributed by atoms with Gasteiger partial charge in [-0.15, -0.1) is 0 Å². The Hall–Kier alpha value is 1.16. The van der Waals surface area contributed by atoms with E-state index in [9.17, 15) is 0 Å². The van der Waals surface area contributed by atoms with Crippen molar-refractivity contribution in [1.82, 2.24) is 0 Å². The van der Waals surface area contributed by atoms with Gasteiger partial charge in [-0.1, -0.05) is 0 Å². The second-order valence-electron chi connectivity index (χ2n) is 9.86. The molecule has 142 valence electrons. The minimum atomic E-state index is -2.23. The van der Waals surface area contributed by atoms with Gasteiger partial charge in [-0.3, -0.25) is 0 Å². The molecule has 0 aliphatic rings. The second kappa shape index (κ2) is 10.5. The van der Waals surface area contributed by atoms with Crippen molar-refractivity contribution in [3.05, 3.63) is 0 Å². The van der Waals surface area contributed by atoms with Crippen LogP contribution in [0.5, 0.6) is 0 Å². The predicted molar refractivity (Wildman–Crippen MR) is 119 cm³/mol. The van der Waals surface area contributed by atoms with Gasteiger partial charge in [0.15, 0.2) is 0 Å². The second-order valence-corrected chi connectivity index (χ2v) is 44.4. The summed E-state index contributed by atoms with van der Waals surface area (Å²) in [6.07, 6.45) is 0. The number of hydrogen-bond donors (Lipinski definition) is 0. The van der Waals surface area contributed by atoms with Crippen LogP contribution in [0.1, 0.15) is 83.1 Å². The van der Waals surface area contributed by atoms with Crippen LogP contribution in [0.2, 0.25) is 32.5 Å². The van der Waals surface area contributed by atoms with Crippen molar-refractivity contribution < 1.29 is 0 Å². The van der Waals surface area contributed by atoms with Gasteiger partial charge in [0.1, 0.15) is 0 Å². The molecule has 0 fully saturated rings. The van der Waals surface area contributed by atoms with E-state index in [1.54, 1.807) is 0 Å². The van der Waals surface area contributed by atoms with E-state index in [0.717, 1.165) is 23.6 Å². The summed E-state index contributed by atoms with van der Waals surface area (Å²) >= 11 is -4.45. The zero-order chi connectivity index (χ0) is 19.3. The zero-order valence-electron chi connectivity index (χ0n) is 18.9. The summed E-state index contributed by atoms with van der Waals surface area (Å²) < 4.78 is 7.90. The Labute approximate surface area is 163 Å². The van der Waals surface area contributed by atoms with Gasteiger partial charge in [0.25, 0.3) is 0 Å². The van der Waals surface area contributed by atoms with Crippen molar-refractivity contribution in [2.45, 2.75) is 116 Å². The van der Waals surface area contributed by atoms with Crippen LogP contribution in [0.3, 0.4) is 0 Å². The monoisotopic (exact) mass is 550 g/mol. The van der Waals surface area contributed by atoms with E-state index in [1.165, 1.54) is 8.87 Å². The molecule has 0 unspecified atom stereocenters. The van der Waals surface area contributed by atoms with Gasteiger partial charge in [0.05, 0.1) is 0 Å². The fourth-order valence-corrected chi connectivity index (χ4v) is 37.9. The Morgan fingerprint density at radius 3 is 0.708 bits per heavy atom. The topological polar surface area (TPSA) is 0 Å². The van der Waals surface area contributed by atoms with Crippen LogP contribution < -0.4 is 0 Å². The van der Waals surface area contributed by atoms with Gasteiger partial charge in [0, 0.05) is 0 Å². The molecule has 0 saturated carbocycles. The molecule has 0 heterocycles. The average molecular weight is 548 g/mol. The molecule has 0 rings (SSSR count). The molecule has 2 heteroatoms. The van der Waals surface area contributed by atoms with Gasteiger partial charge in [-0.2, -0.15) is 0 Å². The summed E-state index contributed by atoms with van der Waals surface area (Å²) in [7, 11) is 0. The third kappa shape index (κ3) is 5.34. The summed E-state index contributed by atoms with van der Waals surface area (Å²) in [6.45, 7) is 29.8. The molecule has 0 bridgehead atoms. The first-order chi connectivity index (χ1) is 10.9. The molecule has 0 aliphatic carbocycles. The van der Waals surface area contributed by atoms with E-state index < -0.39 is 36.8 Å². The molecule has 0 aliphatic heterocycles. The fourth-order valence-electron chi connectivity index (χ4n) is 5.66. The van der Waals surface area contributed by atoms with Crippen molar-refractivity contribution in [3.8, 4) is 11.8 Å². The third-order valence-electron chi connectivity index (χ3n) is 7.36. The Bertz CT molecular complexity index is 337. The maximum absolute atomic E-state index is 3.79. The van der Waals surface area contributed by atoms with Crippen LogP contribution >= 0.6 is 0 Å². The van der Waals surface area contributed by atoms with Crippen LogP contribution in [0.15, 0.2) is 0 Å². The Morgan fingerprint density at radius 1 is 0.417 bits per heavy atom. The summed E-state index contributed by atoms with van der Waals surface area (Å²) in [5.74, 6) is 7.57. The summed E-state index contributed by atoms with van der Waals surface area (Å²) in [4.78, 5) is 0. The fraction of sp³-hybridized carbons (Fsp3) is 0.909. The molecular weight excluding hydrogens is 502 g/mol. The van der Waals surface area contributed by atoms with Gasteiger partial charge >= 0.3 is 164 Å². The molecule has 0 spiro atoms. The van der Waals surface area contributed by atoms with Crippen LogP contribution in [0.25, 0.3) is 0 Å². The molecule has 0 nitrogen and oxygen atoms in total. The van der Waals surface area contributed by atoms with Gasteiger partial charge < -0.3 is 0 Å². The van der Waals surface area contributed by atoms with Crippen molar-refractivity contribution in [2.75, 3.05) is 0 Å². The van der Waals surface area contributed by atoms with Crippen molar-refractivity contribution >= 4 is 36.8 Å². The first-order valence-corrected chi connectivity index (χ1v) is 24.2. The Kier molecular flexibility index (Phi) is 11.0. The molecule has 0 saturated heterocycles. The number of hydrogen-bond acceptors (Lipinski definition) is 0. The molecule has 0 amide bonds. The van der Waals surface area contributed by atoms with Crippen LogP contribution in [-0.2, 0) is 0 Å². The van der Waals surface area contributed by atoms with Crippen molar-refractivity contribution in [3.63, 3.8) is 0 Å². The SMILES string of the molecule is C[CH](C)[Sn]([CH2]C#C[CH2][Sn]([CH](C)C)([CH](C)C)[CH](C)C)([CH](C)C)[CH](C)C. The summed E-state index contributed by atoms with van der Waals surface area (Å²) in [5, 5.41) is 0. The maximum atomic E-state index is 3.79. The minimum absolute atomic E-state index is 0.891. The predicted octanol–water partition coefficient (Wildman–Crippen LogP) is 8.35. The third-order valence-corrected chi connectivity index (χ3v) is 48.7. The number of rotatable bonds is 8. The van der Waals surface area contributed by atoms with E-state index in [0.29, 0.717) is 0 Å². The van der Waals surface area contributed by atoms with Crippen LogP contribution in [0, 0.1) is 11.8 Å². The molecular formula is C22H46Sn2.